The van der Waals surface area contributed by atoms with E-state index in [-0.39, 0.29) is 10.7 Å². The molecule has 2 N–H and O–H groups in total. The molecule has 0 radical (unpaired) electrons. The second-order valence-electron chi connectivity index (χ2n) is 5.92. The Balaban J connectivity index is 1.60. The van der Waals surface area contributed by atoms with Crippen LogP contribution in [0.3, 0.4) is 0 Å². The van der Waals surface area contributed by atoms with Crippen molar-refractivity contribution in [3.8, 4) is 0 Å². The molecule has 0 fully saturated rings. The van der Waals surface area contributed by atoms with Gasteiger partial charge in [0.15, 0.2) is 6.61 Å². The summed E-state index contributed by atoms with van der Waals surface area (Å²) in [5.41, 5.74) is 0.949. The van der Waals surface area contributed by atoms with Crippen molar-refractivity contribution < 1.29 is 22.7 Å². The quantitative estimate of drug-likeness (QED) is 0.655. The SMILES string of the molecule is C[C@H](N=C1NS(=O)(=O)c2ccccc21)C(=O)OCC(=O)Nc1ccc(Br)cc1. The molecule has 1 amide bonds. The summed E-state index contributed by atoms with van der Waals surface area (Å²) in [5, 5.41) is 2.60. The fraction of sp³-hybridized carbons (Fsp3) is 0.167. The number of ether oxygens (including phenoxy) is 1. The average molecular weight is 466 g/mol. The van der Waals surface area contributed by atoms with Crippen LogP contribution in [0, 0.1) is 0 Å². The molecule has 0 spiro atoms. The average Bonchev–Trinajstić information content (AvgIpc) is 2.92. The molecular formula is C18H16BrN3O5S. The molecule has 1 aliphatic heterocycles. The molecule has 0 saturated carbocycles. The lowest BCUT2D eigenvalue weighted by atomic mass is 10.2. The molecule has 0 aromatic heterocycles. The number of amides is 1. The monoisotopic (exact) mass is 465 g/mol. The molecule has 2 aromatic rings. The number of hydrogen-bond acceptors (Lipinski definition) is 6. The topological polar surface area (TPSA) is 114 Å². The highest BCUT2D eigenvalue weighted by Gasteiger charge is 2.31. The Kier molecular flexibility index (Phi) is 5.80. The van der Waals surface area contributed by atoms with Crippen LogP contribution in [0.15, 0.2) is 62.9 Å². The molecular weight excluding hydrogens is 450 g/mol. The van der Waals surface area contributed by atoms with Crippen LogP contribution in [0.4, 0.5) is 5.69 Å². The zero-order valence-corrected chi connectivity index (χ0v) is 17.1. The fourth-order valence-electron chi connectivity index (χ4n) is 2.46. The first-order valence-corrected chi connectivity index (χ1v) is 10.5. The van der Waals surface area contributed by atoms with E-state index in [4.69, 9.17) is 4.74 Å². The highest BCUT2D eigenvalue weighted by atomic mass is 79.9. The van der Waals surface area contributed by atoms with E-state index in [1.807, 2.05) is 0 Å². The number of fused-ring (bicyclic) bond motifs is 1. The van der Waals surface area contributed by atoms with E-state index < -0.39 is 34.5 Å². The highest BCUT2D eigenvalue weighted by Crippen LogP contribution is 2.22. The lowest BCUT2D eigenvalue weighted by molar-refractivity contribution is -0.148. The molecule has 0 unspecified atom stereocenters. The summed E-state index contributed by atoms with van der Waals surface area (Å²) in [7, 11) is -3.69. The maximum atomic E-state index is 12.1. The summed E-state index contributed by atoms with van der Waals surface area (Å²) in [4.78, 5) is 28.2. The van der Waals surface area contributed by atoms with E-state index in [9.17, 15) is 18.0 Å². The minimum Gasteiger partial charge on any atom is -0.454 e. The van der Waals surface area contributed by atoms with Crippen molar-refractivity contribution in [1.82, 2.24) is 4.72 Å². The van der Waals surface area contributed by atoms with Crippen LogP contribution in [0.2, 0.25) is 0 Å². The molecule has 3 rings (SSSR count). The summed E-state index contributed by atoms with van der Waals surface area (Å²) in [6.07, 6.45) is 0. The van der Waals surface area contributed by atoms with Gasteiger partial charge in [0.25, 0.3) is 15.9 Å². The van der Waals surface area contributed by atoms with Gasteiger partial charge >= 0.3 is 5.97 Å². The summed E-state index contributed by atoms with van der Waals surface area (Å²) >= 11 is 3.29. The third-order valence-corrected chi connectivity index (χ3v) is 5.73. The molecule has 10 heteroatoms. The lowest BCUT2D eigenvalue weighted by Gasteiger charge is -2.09. The number of aliphatic imine (C=N–C) groups is 1. The number of esters is 1. The third kappa shape index (κ3) is 4.57. The number of anilines is 1. The van der Waals surface area contributed by atoms with Gasteiger partial charge in [0.2, 0.25) is 0 Å². The van der Waals surface area contributed by atoms with Crippen LogP contribution in [0.25, 0.3) is 0 Å². The van der Waals surface area contributed by atoms with Crippen molar-refractivity contribution in [2.75, 3.05) is 11.9 Å². The Bertz CT molecular complexity index is 1050. The molecule has 1 heterocycles. The van der Waals surface area contributed by atoms with E-state index in [1.165, 1.54) is 13.0 Å². The Hall–Kier alpha value is -2.72. The number of carbonyl (C=O) groups excluding carboxylic acids is 2. The van der Waals surface area contributed by atoms with Crippen molar-refractivity contribution in [2.24, 2.45) is 4.99 Å². The number of benzene rings is 2. The number of carbonyl (C=O) groups is 2. The predicted molar refractivity (Wildman–Crippen MR) is 106 cm³/mol. The maximum absolute atomic E-state index is 12.1. The zero-order valence-electron chi connectivity index (χ0n) is 14.7. The Morgan fingerprint density at radius 2 is 1.86 bits per heavy atom. The van der Waals surface area contributed by atoms with Gasteiger partial charge in [0.1, 0.15) is 11.9 Å². The first-order valence-electron chi connectivity index (χ1n) is 8.18. The van der Waals surface area contributed by atoms with Crippen molar-refractivity contribution >= 4 is 49.4 Å². The van der Waals surface area contributed by atoms with E-state index in [0.29, 0.717) is 11.3 Å². The van der Waals surface area contributed by atoms with E-state index in [1.54, 1.807) is 42.5 Å². The van der Waals surface area contributed by atoms with Gasteiger partial charge in [0.05, 0.1) is 4.90 Å². The van der Waals surface area contributed by atoms with Crippen molar-refractivity contribution in [1.29, 1.82) is 0 Å². The van der Waals surface area contributed by atoms with Gasteiger partial charge in [-0.1, -0.05) is 28.1 Å². The van der Waals surface area contributed by atoms with Crippen LogP contribution in [0.5, 0.6) is 0 Å². The van der Waals surface area contributed by atoms with E-state index >= 15 is 0 Å². The molecule has 146 valence electrons. The molecule has 1 aliphatic rings. The highest BCUT2D eigenvalue weighted by molar-refractivity contribution is 9.10. The van der Waals surface area contributed by atoms with E-state index in [2.05, 4.69) is 31.0 Å². The van der Waals surface area contributed by atoms with Gasteiger partial charge < -0.3 is 10.1 Å². The minimum absolute atomic E-state index is 0.0689. The smallest absolute Gasteiger partial charge is 0.331 e. The Morgan fingerprint density at radius 1 is 1.18 bits per heavy atom. The molecule has 0 aliphatic carbocycles. The van der Waals surface area contributed by atoms with Crippen molar-refractivity contribution in [2.45, 2.75) is 17.9 Å². The predicted octanol–water partition coefficient (Wildman–Crippen LogP) is 2.06. The first kappa shape index (κ1) is 20.0. The van der Waals surface area contributed by atoms with Crippen LogP contribution in [0.1, 0.15) is 12.5 Å². The summed E-state index contributed by atoms with van der Waals surface area (Å²) in [6.45, 7) is 0.976. The van der Waals surface area contributed by atoms with Crippen LogP contribution in [-0.2, 0) is 24.3 Å². The summed E-state index contributed by atoms with van der Waals surface area (Å²) < 4.78 is 32.3. The molecule has 8 nitrogen and oxygen atoms in total. The van der Waals surface area contributed by atoms with Gasteiger partial charge in [-0.05, 0) is 43.3 Å². The summed E-state index contributed by atoms with van der Waals surface area (Å²) in [5.74, 6) is -1.18. The van der Waals surface area contributed by atoms with Crippen molar-refractivity contribution in [3.63, 3.8) is 0 Å². The number of nitrogens with zero attached hydrogens (tertiary/aromatic N) is 1. The number of sulfonamides is 1. The molecule has 0 bridgehead atoms. The minimum atomic E-state index is -3.69. The Morgan fingerprint density at radius 3 is 2.57 bits per heavy atom. The number of nitrogens with one attached hydrogen (secondary N) is 2. The third-order valence-electron chi connectivity index (χ3n) is 3.80. The number of rotatable bonds is 5. The number of amidine groups is 1. The molecule has 2 aromatic carbocycles. The van der Waals surface area contributed by atoms with Gasteiger partial charge in [0, 0.05) is 15.7 Å². The maximum Gasteiger partial charge on any atom is 0.331 e. The lowest BCUT2D eigenvalue weighted by Crippen LogP contribution is -2.28. The Labute approximate surface area is 170 Å². The fourth-order valence-corrected chi connectivity index (χ4v) is 3.97. The molecule has 0 saturated heterocycles. The molecule has 1 atom stereocenters. The van der Waals surface area contributed by atoms with Gasteiger partial charge in [-0.15, -0.1) is 0 Å². The van der Waals surface area contributed by atoms with Gasteiger partial charge in [-0.3, -0.25) is 14.5 Å². The zero-order chi connectivity index (χ0) is 20.3. The number of halogens is 1. The van der Waals surface area contributed by atoms with Crippen LogP contribution in [-0.4, -0.2) is 38.8 Å². The number of hydrogen-bond donors (Lipinski definition) is 2. The van der Waals surface area contributed by atoms with Crippen LogP contribution >= 0.6 is 15.9 Å². The normalized spacial score (nSPS) is 16.7. The summed E-state index contributed by atoms with van der Waals surface area (Å²) in [6, 6.07) is 12.2. The second kappa shape index (κ2) is 8.11. The van der Waals surface area contributed by atoms with Gasteiger partial charge in [-0.2, -0.15) is 0 Å². The van der Waals surface area contributed by atoms with Gasteiger partial charge in [-0.25, -0.2) is 13.2 Å². The largest absolute Gasteiger partial charge is 0.454 e. The second-order valence-corrected chi connectivity index (χ2v) is 8.48. The van der Waals surface area contributed by atoms with Crippen molar-refractivity contribution in [3.05, 3.63) is 58.6 Å². The van der Waals surface area contributed by atoms with Crippen LogP contribution < -0.4 is 10.0 Å². The molecule has 28 heavy (non-hydrogen) atoms. The van der Waals surface area contributed by atoms with E-state index in [0.717, 1.165) is 4.47 Å². The standard InChI is InChI=1S/C18H16BrN3O5S/c1-11(20-17-14-4-2-3-5-15(14)28(25,26)22-17)18(24)27-10-16(23)21-13-8-6-12(19)7-9-13/h2-9,11H,10H2,1H3,(H,20,22)(H,21,23)/t11-/m0/s1. The first-order chi connectivity index (χ1) is 13.3.